The van der Waals surface area contributed by atoms with Gasteiger partial charge in [-0.2, -0.15) is 0 Å². The fourth-order valence-corrected chi connectivity index (χ4v) is 2.81. The van der Waals surface area contributed by atoms with Gasteiger partial charge in [-0.05, 0) is 25.0 Å². The van der Waals surface area contributed by atoms with E-state index >= 15 is 0 Å². The smallest absolute Gasteiger partial charge is 0.250 e. The first kappa shape index (κ1) is 15.1. The van der Waals surface area contributed by atoms with Crippen molar-refractivity contribution in [1.82, 2.24) is 0 Å². The number of nitrogen functional groups attached to an aromatic ring is 1. The summed E-state index contributed by atoms with van der Waals surface area (Å²) < 4.78 is 14.2. The number of primary amides is 2. The molecule has 6 nitrogen and oxygen atoms in total. The van der Waals surface area contributed by atoms with E-state index in [4.69, 9.17) is 17.2 Å². The number of nitrogens with two attached hydrogens (primary N) is 3. The lowest BCUT2D eigenvalue weighted by Crippen LogP contribution is -2.41. The molecule has 0 bridgehead atoms. The summed E-state index contributed by atoms with van der Waals surface area (Å²) in [6.45, 7) is -0.107. The molecule has 0 unspecified atom stereocenters. The van der Waals surface area contributed by atoms with E-state index in [-0.39, 0.29) is 29.5 Å². The van der Waals surface area contributed by atoms with E-state index in [1.807, 2.05) is 0 Å². The number of anilines is 2. The first-order chi connectivity index (χ1) is 9.90. The molecule has 0 radical (unpaired) electrons. The minimum Gasteiger partial charge on any atom is -0.398 e. The maximum atomic E-state index is 14.2. The molecule has 0 aliphatic heterocycles. The molecule has 0 aromatic heterocycles. The monoisotopic (exact) mass is 294 g/mol. The third-order valence-corrected chi connectivity index (χ3v) is 3.79. The highest BCUT2D eigenvalue weighted by Crippen LogP contribution is 2.32. The van der Waals surface area contributed by atoms with Crippen molar-refractivity contribution in [3.05, 3.63) is 23.5 Å². The summed E-state index contributed by atoms with van der Waals surface area (Å²) in [7, 11) is 0. The maximum absolute atomic E-state index is 14.2. The van der Waals surface area contributed by atoms with Crippen molar-refractivity contribution in [2.75, 3.05) is 17.2 Å². The van der Waals surface area contributed by atoms with Crippen LogP contribution in [0.1, 0.15) is 36.0 Å². The molecule has 0 saturated heterocycles. The van der Waals surface area contributed by atoms with Crippen LogP contribution in [0.15, 0.2) is 12.1 Å². The second-order valence-electron chi connectivity index (χ2n) is 5.29. The normalized spacial score (nSPS) is 15.1. The zero-order chi connectivity index (χ0) is 15.6. The van der Waals surface area contributed by atoms with Gasteiger partial charge in [-0.1, -0.05) is 12.8 Å². The molecular weight excluding hydrogens is 275 g/mol. The Hall–Kier alpha value is -2.31. The topological polar surface area (TPSA) is 115 Å². The third-order valence-electron chi connectivity index (χ3n) is 3.79. The van der Waals surface area contributed by atoms with Crippen molar-refractivity contribution < 1.29 is 14.0 Å². The van der Waals surface area contributed by atoms with Crippen LogP contribution in [0, 0.1) is 5.82 Å². The second kappa shape index (κ2) is 5.99. The summed E-state index contributed by atoms with van der Waals surface area (Å²) >= 11 is 0. The maximum Gasteiger partial charge on any atom is 0.250 e. The van der Waals surface area contributed by atoms with Crippen molar-refractivity contribution in [2.24, 2.45) is 11.5 Å². The van der Waals surface area contributed by atoms with Gasteiger partial charge in [0.25, 0.3) is 5.91 Å². The van der Waals surface area contributed by atoms with Crippen LogP contribution in [0.5, 0.6) is 0 Å². The van der Waals surface area contributed by atoms with Crippen LogP contribution in [0.2, 0.25) is 0 Å². The van der Waals surface area contributed by atoms with Gasteiger partial charge in [0.05, 0.1) is 17.8 Å². The van der Waals surface area contributed by atoms with Crippen molar-refractivity contribution in [3.63, 3.8) is 0 Å². The number of carbonyl (C=O) groups excluding carboxylic acids is 2. The van der Waals surface area contributed by atoms with Gasteiger partial charge in [-0.15, -0.1) is 0 Å². The van der Waals surface area contributed by atoms with Gasteiger partial charge < -0.3 is 22.1 Å². The van der Waals surface area contributed by atoms with Crippen LogP contribution in [-0.4, -0.2) is 24.4 Å². The Balaban J connectivity index is 2.45. The van der Waals surface area contributed by atoms with Gasteiger partial charge in [0.2, 0.25) is 5.91 Å². The molecule has 1 aliphatic carbocycles. The number of amides is 2. The number of hydrogen-bond donors (Lipinski definition) is 3. The molecule has 2 amide bonds. The van der Waals surface area contributed by atoms with Gasteiger partial charge in [-0.3, -0.25) is 9.59 Å². The van der Waals surface area contributed by atoms with E-state index in [9.17, 15) is 14.0 Å². The molecule has 114 valence electrons. The first-order valence-electron chi connectivity index (χ1n) is 6.84. The van der Waals surface area contributed by atoms with Crippen molar-refractivity contribution in [1.29, 1.82) is 0 Å². The molecule has 1 saturated carbocycles. The van der Waals surface area contributed by atoms with E-state index in [0.29, 0.717) is 0 Å². The average molecular weight is 294 g/mol. The quantitative estimate of drug-likeness (QED) is 0.694. The summed E-state index contributed by atoms with van der Waals surface area (Å²) in [5, 5.41) is 0. The van der Waals surface area contributed by atoms with Crippen LogP contribution >= 0.6 is 0 Å². The first-order valence-corrected chi connectivity index (χ1v) is 6.84. The van der Waals surface area contributed by atoms with Gasteiger partial charge in [0.15, 0.2) is 0 Å². The Morgan fingerprint density at radius 1 is 1.24 bits per heavy atom. The standard InChI is InChI=1S/C14H19FN4O2/c15-10-6-11(16)9(14(18)21)5-12(10)19(7-13(17)20)8-3-1-2-4-8/h5-6,8H,1-4,7,16H2,(H2,17,20)(H2,18,21). The van der Waals surface area contributed by atoms with Gasteiger partial charge in [-0.25, -0.2) is 4.39 Å². The Morgan fingerprint density at radius 2 is 1.86 bits per heavy atom. The summed E-state index contributed by atoms with van der Waals surface area (Å²) in [5.74, 6) is -1.89. The van der Waals surface area contributed by atoms with Crippen LogP contribution in [0.4, 0.5) is 15.8 Å². The van der Waals surface area contributed by atoms with E-state index in [0.717, 1.165) is 31.7 Å². The number of rotatable bonds is 5. The lowest BCUT2D eigenvalue weighted by Gasteiger charge is -2.30. The molecule has 1 aromatic carbocycles. The Labute approximate surface area is 122 Å². The SMILES string of the molecule is NC(=O)CN(c1cc(C(N)=O)c(N)cc1F)C1CCCC1. The predicted molar refractivity (Wildman–Crippen MR) is 78.1 cm³/mol. The summed E-state index contributed by atoms with van der Waals surface area (Å²) in [6.07, 6.45) is 3.73. The molecule has 1 aromatic rings. The second-order valence-corrected chi connectivity index (χ2v) is 5.29. The highest BCUT2D eigenvalue weighted by molar-refractivity contribution is 5.99. The average Bonchev–Trinajstić information content (AvgIpc) is 2.89. The van der Waals surface area contributed by atoms with E-state index in [1.54, 1.807) is 4.90 Å². The van der Waals surface area contributed by atoms with E-state index in [2.05, 4.69) is 0 Å². The van der Waals surface area contributed by atoms with Crippen molar-refractivity contribution in [2.45, 2.75) is 31.7 Å². The molecule has 7 heteroatoms. The fraction of sp³-hybridized carbons (Fsp3) is 0.429. The number of halogens is 1. The zero-order valence-corrected chi connectivity index (χ0v) is 11.6. The van der Waals surface area contributed by atoms with Gasteiger partial charge in [0, 0.05) is 11.7 Å². The van der Waals surface area contributed by atoms with Crippen molar-refractivity contribution >= 4 is 23.2 Å². The highest BCUT2D eigenvalue weighted by Gasteiger charge is 2.27. The number of benzene rings is 1. The minimum atomic E-state index is -0.737. The summed E-state index contributed by atoms with van der Waals surface area (Å²) in [6, 6.07) is 2.38. The predicted octanol–water partition coefficient (Wildman–Crippen LogP) is 0.741. The summed E-state index contributed by atoms with van der Waals surface area (Å²) in [4.78, 5) is 24.2. The molecule has 0 atom stereocenters. The number of hydrogen-bond acceptors (Lipinski definition) is 4. The van der Waals surface area contributed by atoms with Gasteiger partial charge >= 0.3 is 0 Å². The molecule has 1 fully saturated rings. The van der Waals surface area contributed by atoms with Crippen LogP contribution in [0.3, 0.4) is 0 Å². The van der Waals surface area contributed by atoms with Gasteiger partial charge in [0.1, 0.15) is 5.82 Å². The molecule has 2 rings (SSSR count). The molecule has 6 N–H and O–H groups in total. The Morgan fingerprint density at radius 3 is 2.38 bits per heavy atom. The minimum absolute atomic E-state index is 0.0193. The zero-order valence-electron chi connectivity index (χ0n) is 11.6. The molecule has 0 spiro atoms. The Kier molecular flexibility index (Phi) is 4.30. The third kappa shape index (κ3) is 3.24. The highest BCUT2D eigenvalue weighted by atomic mass is 19.1. The summed E-state index contributed by atoms with van der Waals surface area (Å²) in [5.41, 5.74) is 16.3. The van der Waals surface area contributed by atoms with Crippen molar-refractivity contribution in [3.8, 4) is 0 Å². The molecular formula is C14H19FN4O2. The molecule has 1 aliphatic rings. The van der Waals surface area contributed by atoms with Crippen LogP contribution in [-0.2, 0) is 4.79 Å². The largest absolute Gasteiger partial charge is 0.398 e. The van der Waals surface area contributed by atoms with Crippen LogP contribution in [0.25, 0.3) is 0 Å². The van der Waals surface area contributed by atoms with E-state index in [1.165, 1.54) is 6.07 Å². The lowest BCUT2D eigenvalue weighted by atomic mass is 10.1. The van der Waals surface area contributed by atoms with E-state index < -0.39 is 17.6 Å². The molecule has 0 heterocycles. The fourth-order valence-electron chi connectivity index (χ4n) is 2.81. The number of carbonyl (C=O) groups is 2. The lowest BCUT2D eigenvalue weighted by molar-refractivity contribution is -0.116. The Bertz CT molecular complexity index is 570. The molecule has 21 heavy (non-hydrogen) atoms. The van der Waals surface area contributed by atoms with Crippen LogP contribution < -0.4 is 22.1 Å². The number of nitrogens with zero attached hydrogens (tertiary/aromatic N) is 1.